The molecule has 0 unspecified atom stereocenters. The van der Waals surface area contributed by atoms with Crippen LogP contribution in [0.5, 0.6) is 0 Å². The maximum absolute atomic E-state index is 11.7. The summed E-state index contributed by atoms with van der Waals surface area (Å²) in [6, 6.07) is 4.64. The van der Waals surface area contributed by atoms with Gasteiger partial charge in [-0.1, -0.05) is 43.1 Å². The van der Waals surface area contributed by atoms with E-state index in [-0.39, 0.29) is 24.3 Å². The van der Waals surface area contributed by atoms with Crippen LogP contribution in [0, 0.1) is 5.92 Å². The van der Waals surface area contributed by atoms with Crippen molar-refractivity contribution in [2.45, 2.75) is 26.3 Å². The molecular formula is C15H21Cl2N3O2. The largest absolute Gasteiger partial charge is 0.354 e. The summed E-state index contributed by atoms with van der Waals surface area (Å²) in [4.78, 5) is 23.3. The number of halogens is 2. The lowest BCUT2D eigenvalue weighted by Crippen LogP contribution is -2.47. The molecule has 0 saturated heterocycles. The van der Waals surface area contributed by atoms with Gasteiger partial charge in [-0.25, -0.2) is 0 Å². The molecule has 0 fully saturated rings. The minimum absolute atomic E-state index is 0.0189. The summed E-state index contributed by atoms with van der Waals surface area (Å²) in [5, 5.41) is 6.34. The summed E-state index contributed by atoms with van der Waals surface area (Å²) in [6.45, 7) is 3.97. The molecule has 0 heterocycles. The Bertz CT molecular complexity index is 515. The molecule has 5 nitrogen and oxygen atoms in total. The van der Waals surface area contributed by atoms with Crippen molar-refractivity contribution in [3.63, 3.8) is 0 Å². The van der Waals surface area contributed by atoms with Gasteiger partial charge in [0.25, 0.3) is 0 Å². The summed E-state index contributed by atoms with van der Waals surface area (Å²) in [7, 11) is 0. The van der Waals surface area contributed by atoms with Crippen molar-refractivity contribution in [2.75, 3.05) is 13.1 Å². The fraction of sp³-hybridized carbons (Fsp3) is 0.467. The third-order valence-electron chi connectivity index (χ3n) is 3.20. The molecule has 0 bridgehead atoms. The van der Waals surface area contributed by atoms with Crippen molar-refractivity contribution in [3.8, 4) is 0 Å². The van der Waals surface area contributed by atoms with Gasteiger partial charge in [0.15, 0.2) is 0 Å². The van der Waals surface area contributed by atoms with Crippen LogP contribution in [-0.4, -0.2) is 30.9 Å². The van der Waals surface area contributed by atoms with E-state index in [2.05, 4.69) is 10.6 Å². The molecule has 4 N–H and O–H groups in total. The van der Waals surface area contributed by atoms with E-state index < -0.39 is 6.04 Å². The highest BCUT2D eigenvalue weighted by Crippen LogP contribution is 2.24. The summed E-state index contributed by atoms with van der Waals surface area (Å²) < 4.78 is 0. The number of carbonyl (C=O) groups is 2. The number of rotatable bonds is 7. The quantitative estimate of drug-likeness (QED) is 0.703. The van der Waals surface area contributed by atoms with Crippen LogP contribution in [-0.2, 0) is 16.0 Å². The Labute approximate surface area is 140 Å². The molecule has 22 heavy (non-hydrogen) atoms. The topological polar surface area (TPSA) is 84.2 Å². The maximum Gasteiger partial charge on any atom is 0.239 e. The van der Waals surface area contributed by atoms with Gasteiger partial charge >= 0.3 is 0 Å². The highest BCUT2D eigenvalue weighted by Gasteiger charge is 2.17. The van der Waals surface area contributed by atoms with Crippen LogP contribution in [0.25, 0.3) is 0 Å². The molecule has 122 valence electrons. The van der Waals surface area contributed by atoms with E-state index in [1.807, 2.05) is 13.8 Å². The molecule has 1 aromatic rings. The molecule has 2 amide bonds. The molecule has 1 rings (SSSR count). The van der Waals surface area contributed by atoms with E-state index in [1.54, 1.807) is 18.2 Å². The Morgan fingerprint density at radius 3 is 2.32 bits per heavy atom. The molecule has 0 aliphatic carbocycles. The number of hydrogen-bond acceptors (Lipinski definition) is 3. The highest BCUT2D eigenvalue weighted by molar-refractivity contribution is 6.35. The number of nitrogens with one attached hydrogen (secondary N) is 2. The predicted octanol–water partition coefficient (Wildman–Crippen LogP) is 1.75. The average molecular weight is 346 g/mol. The van der Waals surface area contributed by atoms with Gasteiger partial charge in [-0.05, 0) is 30.0 Å². The second-order valence-electron chi connectivity index (χ2n) is 5.29. The highest BCUT2D eigenvalue weighted by atomic mass is 35.5. The summed E-state index contributed by atoms with van der Waals surface area (Å²) >= 11 is 12.1. The van der Waals surface area contributed by atoms with Crippen molar-refractivity contribution in [1.29, 1.82) is 0 Å². The van der Waals surface area contributed by atoms with Crippen LogP contribution >= 0.6 is 23.2 Å². The monoisotopic (exact) mass is 345 g/mol. The van der Waals surface area contributed by atoms with Gasteiger partial charge in [-0.15, -0.1) is 0 Å². The van der Waals surface area contributed by atoms with E-state index in [9.17, 15) is 9.59 Å². The summed E-state index contributed by atoms with van der Waals surface area (Å²) in [5.41, 5.74) is 6.47. The van der Waals surface area contributed by atoms with Gasteiger partial charge in [-0.2, -0.15) is 0 Å². The summed E-state index contributed by atoms with van der Waals surface area (Å²) in [5.74, 6) is -0.600. The zero-order valence-electron chi connectivity index (χ0n) is 12.7. The van der Waals surface area contributed by atoms with Crippen LogP contribution in [0.4, 0.5) is 0 Å². The number of hydrogen-bond donors (Lipinski definition) is 3. The zero-order chi connectivity index (χ0) is 16.7. The standard InChI is InChI=1S/C15H21Cl2N3O2/c1-9(2)14(18)15(22)20-8-13(21)19-7-6-10-11(16)4-3-5-12(10)17/h3-5,9,14H,6-8,18H2,1-2H3,(H,19,21)(H,20,22)/t14-/m0/s1. The smallest absolute Gasteiger partial charge is 0.239 e. The fourth-order valence-electron chi connectivity index (χ4n) is 1.75. The molecule has 0 saturated carbocycles. The molecule has 7 heteroatoms. The van der Waals surface area contributed by atoms with Gasteiger partial charge in [0.2, 0.25) is 11.8 Å². The Morgan fingerprint density at radius 2 is 1.77 bits per heavy atom. The minimum atomic E-state index is -0.616. The lowest BCUT2D eigenvalue weighted by molar-refractivity contribution is -0.127. The van der Waals surface area contributed by atoms with E-state index in [0.29, 0.717) is 23.0 Å². The molecule has 0 aliphatic rings. The van der Waals surface area contributed by atoms with Gasteiger partial charge in [0, 0.05) is 16.6 Å². The second kappa shape index (κ2) is 8.98. The molecule has 0 aromatic heterocycles. The lowest BCUT2D eigenvalue weighted by atomic mass is 10.1. The first-order chi connectivity index (χ1) is 10.3. The SMILES string of the molecule is CC(C)[C@H](N)C(=O)NCC(=O)NCCc1c(Cl)cccc1Cl. The first-order valence-corrected chi connectivity index (χ1v) is 7.81. The molecule has 1 atom stereocenters. The van der Waals surface area contributed by atoms with Gasteiger partial charge < -0.3 is 16.4 Å². The van der Waals surface area contributed by atoms with E-state index in [4.69, 9.17) is 28.9 Å². The Morgan fingerprint density at radius 1 is 1.18 bits per heavy atom. The van der Waals surface area contributed by atoms with Crippen LogP contribution in [0.1, 0.15) is 19.4 Å². The van der Waals surface area contributed by atoms with Crippen molar-refractivity contribution in [3.05, 3.63) is 33.8 Å². The Balaban J connectivity index is 2.34. The van der Waals surface area contributed by atoms with Crippen molar-refractivity contribution in [2.24, 2.45) is 11.7 Å². The van der Waals surface area contributed by atoms with Crippen molar-refractivity contribution >= 4 is 35.0 Å². The van der Waals surface area contributed by atoms with Crippen LogP contribution in [0.2, 0.25) is 10.0 Å². The Kier molecular flexibility index (Phi) is 7.65. The van der Waals surface area contributed by atoms with Crippen molar-refractivity contribution < 1.29 is 9.59 Å². The average Bonchev–Trinajstić information content (AvgIpc) is 2.46. The van der Waals surface area contributed by atoms with Gasteiger partial charge in [0.05, 0.1) is 12.6 Å². The minimum Gasteiger partial charge on any atom is -0.354 e. The van der Waals surface area contributed by atoms with Crippen LogP contribution in [0.3, 0.4) is 0 Å². The molecule has 0 aliphatic heterocycles. The fourth-order valence-corrected chi connectivity index (χ4v) is 2.34. The van der Waals surface area contributed by atoms with Crippen molar-refractivity contribution in [1.82, 2.24) is 10.6 Å². The third-order valence-corrected chi connectivity index (χ3v) is 3.91. The zero-order valence-corrected chi connectivity index (χ0v) is 14.2. The van der Waals surface area contributed by atoms with E-state index >= 15 is 0 Å². The van der Waals surface area contributed by atoms with Crippen LogP contribution in [0.15, 0.2) is 18.2 Å². The number of carbonyl (C=O) groups excluding carboxylic acids is 2. The number of benzene rings is 1. The summed E-state index contributed by atoms with van der Waals surface area (Å²) in [6.07, 6.45) is 0.518. The number of nitrogens with two attached hydrogens (primary N) is 1. The third kappa shape index (κ3) is 5.83. The van der Waals surface area contributed by atoms with Crippen LogP contribution < -0.4 is 16.4 Å². The van der Waals surface area contributed by atoms with Gasteiger partial charge in [0.1, 0.15) is 0 Å². The second-order valence-corrected chi connectivity index (χ2v) is 6.10. The molecule has 1 aromatic carbocycles. The first kappa shape index (κ1) is 18.7. The maximum atomic E-state index is 11.7. The molecular weight excluding hydrogens is 325 g/mol. The van der Waals surface area contributed by atoms with E-state index in [1.165, 1.54) is 0 Å². The predicted molar refractivity (Wildman–Crippen MR) is 89.0 cm³/mol. The van der Waals surface area contributed by atoms with Gasteiger partial charge in [-0.3, -0.25) is 9.59 Å². The lowest BCUT2D eigenvalue weighted by Gasteiger charge is -2.15. The Hall–Kier alpha value is -1.30. The normalized spacial score (nSPS) is 12.1. The molecule has 0 spiro atoms. The first-order valence-electron chi connectivity index (χ1n) is 7.05. The molecule has 0 radical (unpaired) electrons. The van der Waals surface area contributed by atoms with E-state index in [0.717, 1.165) is 5.56 Å². The number of amides is 2.